The summed E-state index contributed by atoms with van der Waals surface area (Å²) in [6, 6.07) is 8.10. The van der Waals surface area contributed by atoms with Gasteiger partial charge in [-0.05, 0) is 38.1 Å². The molecule has 0 N–H and O–H groups in total. The van der Waals surface area contributed by atoms with Crippen molar-refractivity contribution in [1.82, 2.24) is 4.57 Å². The zero-order chi connectivity index (χ0) is 14.3. The van der Waals surface area contributed by atoms with Crippen molar-refractivity contribution in [3.63, 3.8) is 0 Å². The third kappa shape index (κ3) is 2.99. The highest BCUT2D eigenvalue weighted by atomic mass is 79.9. The normalized spacial score (nSPS) is 10.9. The van der Waals surface area contributed by atoms with Crippen molar-refractivity contribution in [2.45, 2.75) is 13.8 Å². The number of furan rings is 2. The lowest BCUT2D eigenvalue weighted by atomic mass is 10.5. The van der Waals surface area contributed by atoms with E-state index in [2.05, 4.69) is 35.6 Å². The second kappa shape index (κ2) is 6.20. The molecule has 0 aromatic carbocycles. The fourth-order valence-electron chi connectivity index (χ4n) is 2.29. The van der Waals surface area contributed by atoms with Crippen LogP contribution >= 0.6 is 7.92 Å². The molecule has 0 aliphatic carbocycles. The highest BCUT2D eigenvalue weighted by Gasteiger charge is 2.33. The number of imidazole rings is 1. The van der Waals surface area contributed by atoms with Gasteiger partial charge in [0, 0.05) is 0 Å². The van der Waals surface area contributed by atoms with Crippen LogP contribution in [0.5, 0.6) is 0 Å². The summed E-state index contributed by atoms with van der Waals surface area (Å²) in [6.07, 6.45) is 4.10. The predicted molar refractivity (Wildman–Crippen MR) is 79.3 cm³/mol. The average Bonchev–Trinajstić information content (AvgIpc) is 3.08. The van der Waals surface area contributed by atoms with Crippen LogP contribution in [0, 0.1) is 13.8 Å². The molecule has 0 saturated carbocycles. The van der Waals surface area contributed by atoms with Crippen LogP contribution in [0.25, 0.3) is 0 Å². The second-order valence-corrected chi connectivity index (χ2v) is 6.88. The minimum absolute atomic E-state index is 0. The van der Waals surface area contributed by atoms with Crippen molar-refractivity contribution in [3.8, 4) is 0 Å². The van der Waals surface area contributed by atoms with E-state index in [0.29, 0.717) is 0 Å². The number of aromatic nitrogens is 2. The fourth-order valence-corrected chi connectivity index (χ4v) is 4.58. The first-order valence-corrected chi connectivity index (χ1v) is 7.84. The Hall–Kier alpha value is -1.32. The maximum Gasteiger partial charge on any atom is 0.291 e. The Bertz CT molecular complexity index is 685. The maximum absolute atomic E-state index is 5.89. The molecule has 3 rings (SSSR count). The molecular formula is C15H18BrN2O2P. The molecule has 4 nitrogen and oxygen atoms in total. The van der Waals surface area contributed by atoms with E-state index < -0.39 is 7.92 Å². The molecule has 3 aromatic heterocycles. The molecule has 0 saturated heterocycles. The number of hydrogen-bond donors (Lipinski definition) is 0. The molecule has 3 aromatic rings. The van der Waals surface area contributed by atoms with E-state index in [0.717, 1.165) is 22.5 Å². The Kier molecular flexibility index (Phi) is 4.74. The Labute approximate surface area is 135 Å². The van der Waals surface area contributed by atoms with E-state index in [-0.39, 0.29) is 17.0 Å². The minimum Gasteiger partial charge on any atom is -1.00 e. The van der Waals surface area contributed by atoms with E-state index in [1.807, 2.05) is 38.1 Å². The first-order chi connectivity index (χ1) is 9.56. The fraction of sp³-hybridized carbons (Fsp3) is 0.267. The number of halogens is 1. The molecule has 0 aliphatic heterocycles. The lowest BCUT2D eigenvalue weighted by Gasteiger charge is -2.09. The summed E-state index contributed by atoms with van der Waals surface area (Å²) in [5, 5.41) is 0. The third-order valence-electron chi connectivity index (χ3n) is 3.24. The largest absolute Gasteiger partial charge is 1.00 e. The van der Waals surface area contributed by atoms with E-state index in [1.165, 1.54) is 5.57 Å². The molecule has 21 heavy (non-hydrogen) atoms. The lowest BCUT2D eigenvalue weighted by molar-refractivity contribution is -0.652. The first kappa shape index (κ1) is 16.1. The van der Waals surface area contributed by atoms with Crippen LogP contribution in [-0.2, 0) is 14.1 Å². The van der Waals surface area contributed by atoms with Gasteiger partial charge in [-0.25, -0.2) is 9.13 Å². The molecule has 0 bridgehead atoms. The predicted octanol–water partition coefficient (Wildman–Crippen LogP) is -1.59. The van der Waals surface area contributed by atoms with Crippen LogP contribution < -0.4 is 38.1 Å². The van der Waals surface area contributed by atoms with E-state index in [9.17, 15) is 0 Å². The van der Waals surface area contributed by atoms with Gasteiger partial charge in [0.05, 0.1) is 14.1 Å². The SMILES string of the molecule is Cc1ccc(P(c2ccc(C)o2)c2n(C)cc[n+]2C)o1.[Br-]. The standard InChI is InChI=1S/C15H18N2O2P.BrH/c1-11-5-7-13(18-11)20(14-8-6-12(2)19-14)15-16(3)9-10-17(15)4;/h5-10H,1-4H3;1H/q+1;/p-1. The van der Waals surface area contributed by atoms with Crippen molar-refractivity contribution >= 4 is 24.5 Å². The molecule has 0 spiro atoms. The summed E-state index contributed by atoms with van der Waals surface area (Å²) in [7, 11) is 3.29. The zero-order valence-corrected chi connectivity index (χ0v) is 15.0. The Morgan fingerprint density at radius 1 is 1.00 bits per heavy atom. The number of nitrogens with zero attached hydrogens (tertiary/aromatic N) is 2. The second-order valence-electron chi connectivity index (χ2n) is 4.92. The molecule has 0 aliphatic rings. The van der Waals surface area contributed by atoms with Crippen LogP contribution in [-0.4, -0.2) is 4.57 Å². The highest BCUT2D eigenvalue weighted by Crippen LogP contribution is 2.32. The average molecular weight is 369 g/mol. The molecule has 0 unspecified atom stereocenters. The first-order valence-electron chi connectivity index (χ1n) is 6.50. The Morgan fingerprint density at radius 2 is 1.52 bits per heavy atom. The number of rotatable bonds is 3. The quantitative estimate of drug-likeness (QED) is 0.413. The topological polar surface area (TPSA) is 35.1 Å². The van der Waals surface area contributed by atoms with Crippen LogP contribution in [0.3, 0.4) is 0 Å². The van der Waals surface area contributed by atoms with Gasteiger partial charge in [0.1, 0.15) is 34.9 Å². The summed E-state index contributed by atoms with van der Waals surface area (Å²) in [4.78, 5) is 0. The summed E-state index contributed by atoms with van der Waals surface area (Å²) in [5.41, 5.74) is 3.11. The number of hydrogen-bond acceptors (Lipinski definition) is 2. The van der Waals surface area contributed by atoms with Crippen LogP contribution in [0.4, 0.5) is 0 Å². The van der Waals surface area contributed by atoms with Crippen LogP contribution in [0.1, 0.15) is 11.5 Å². The highest BCUT2D eigenvalue weighted by molar-refractivity contribution is 7.78. The monoisotopic (exact) mass is 368 g/mol. The van der Waals surface area contributed by atoms with Crippen molar-refractivity contribution in [2.75, 3.05) is 0 Å². The zero-order valence-electron chi connectivity index (χ0n) is 12.5. The van der Waals surface area contributed by atoms with Crippen molar-refractivity contribution in [1.29, 1.82) is 0 Å². The van der Waals surface area contributed by atoms with Gasteiger partial charge in [-0.1, -0.05) is 0 Å². The molecule has 6 heteroatoms. The molecular weight excluding hydrogens is 351 g/mol. The molecule has 0 radical (unpaired) electrons. The lowest BCUT2D eigenvalue weighted by Crippen LogP contribution is -3.00. The molecule has 112 valence electrons. The minimum atomic E-state index is -0.816. The van der Waals surface area contributed by atoms with Crippen LogP contribution in [0.15, 0.2) is 45.5 Å². The van der Waals surface area contributed by atoms with Gasteiger partial charge in [-0.2, -0.15) is 0 Å². The summed E-state index contributed by atoms with van der Waals surface area (Å²) >= 11 is 0. The summed E-state index contributed by atoms with van der Waals surface area (Å²) < 4.78 is 16.0. The van der Waals surface area contributed by atoms with E-state index in [1.54, 1.807) is 0 Å². The van der Waals surface area contributed by atoms with Crippen molar-refractivity contribution < 1.29 is 30.4 Å². The number of aryl methyl sites for hydroxylation is 4. The Morgan fingerprint density at radius 3 is 1.86 bits per heavy atom. The van der Waals surface area contributed by atoms with Gasteiger partial charge in [0.2, 0.25) is 0 Å². The van der Waals surface area contributed by atoms with Crippen molar-refractivity contribution in [3.05, 3.63) is 48.2 Å². The van der Waals surface area contributed by atoms with E-state index >= 15 is 0 Å². The van der Waals surface area contributed by atoms with Gasteiger partial charge in [-0.15, -0.1) is 0 Å². The summed E-state index contributed by atoms with van der Waals surface area (Å²) in [5.74, 6) is 1.85. The van der Waals surface area contributed by atoms with Gasteiger partial charge < -0.3 is 25.8 Å². The third-order valence-corrected chi connectivity index (χ3v) is 5.63. The van der Waals surface area contributed by atoms with Crippen LogP contribution in [0.2, 0.25) is 0 Å². The Balaban J connectivity index is 0.00000161. The van der Waals surface area contributed by atoms with Gasteiger partial charge in [0.15, 0.2) is 7.92 Å². The molecule has 0 amide bonds. The summed E-state index contributed by atoms with van der Waals surface area (Å²) in [6.45, 7) is 3.94. The van der Waals surface area contributed by atoms with Gasteiger partial charge in [0.25, 0.3) is 5.57 Å². The van der Waals surface area contributed by atoms with E-state index in [4.69, 9.17) is 8.83 Å². The maximum atomic E-state index is 5.89. The smallest absolute Gasteiger partial charge is 0.291 e. The van der Waals surface area contributed by atoms with Gasteiger partial charge >= 0.3 is 0 Å². The molecule has 0 atom stereocenters. The van der Waals surface area contributed by atoms with Gasteiger partial charge in [-0.3, -0.25) is 0 Å². The molecule has 3 heterocycles. The van der Waals surface area contributed by atoms with Crippen molar-refractivity contribution in [2.24, 2.45) is 14.1 Å². The molecule has 0 fully saturated rings.